The van der Waals surface area contributed by atoms with Crippen LogP contribution in [-0.4, -0.2) is 81.3 Å². The Labute approximate surface area is 212 Å². The lowest BCUT2D eigenvalue weighted by Gasteiger charge is -2.33. The molecule has 0 aliphatic carbocycles. The molecule has 3 N–H and O–H groups in total. The SMILES string of the molecule is CCN1CCN(C(=O)NC(C(=O)C[C@H]2Cc3cccc(C(=O)O)c3OB2O)c2cccnc2)C(=O)C1=O. The Hall–Kier alpha value is -4.26. The molecular weight excluding hydrogens is 483 g/mol. The Kier molecular flexibility index (Phi) is 7.53. The molecule has 4 amide bonds. The molecule has 1 saturated heterocycles. The maximum Gasteiger partial charge on any atom is 0.526 e. The molecule has 1 unspecified atom stereocenters. The number of fused-ring (bicyclic) bond motifs is 1. The van der Waals surface area contributed by atoms with Crippen LogP contribution >= 0.6 is 0 Å². The molecule has 0 saturated carbocycles. The number of ketones is 1. The number of pyridine rings is 1. The number of hydrogen-bond donors (Lipinski definition) is 3. The first kappa shape index (κ1) is 25.8. The molecule has 2 aliphatic rings. The van der Waals surface area contributed by atoms with E-state index in [2.05, 4.69) is 10.3 Å². The van der Waals surface area contributed by atoms with E-state index in [9.17, 15) is 34.1 Å². The van der Waals surface area contributed by atoms with Gasteiger partial charge in [-0.2, -0.15) is 0 Å². The quantitative estimate of drug-likeness (QED) is 0.360. The molecule has 192 valence electrons. The Morgan fingerprint density at radius 2 is 1.97 bits per heavy atom. The normalized spacial score (nSPS) is 18.1. The minimum atomic E-state index is -1.46. The number of Topliss-reactive ketones (excluding diaryl/α,β-unsaturated/α-hetero) is 1. The average molecular weight is 508 g/mol. The first-order chi connectivity index (χ1) is 17.7. The van der Waals surface area contributed by atoms with Gasteiger partial charge in [0.2, 0.25) is 0 Å². The van der Waals surface area contributed by atoms with Gasteiger partial charge in [0, 0.05) is 49.8 Å². The first-order valence-electron chi connectivity index (χ1n) is 11.7. The summed E-state index contributed by atoms with van der Waals surface area (Å²) in [5, 5.41) is 22.5. The van der Waals surface area contributed by atoms with E-state index in [0.717, 1.165) is 4.90 Å². The van der Waals surface area contributed by atoms with Crippen LogP contribution < -0.4 is 9.97 Å². The highest BCUT2D eigenvalue weighted by Gasteiger charge is 2.41. The molecule has 1 aromatic heterocycles. The smallest absolute Gasteiger partial charge is 0.526 e. The van der Waals surface area contributed by atoms with Gasteiger partial charge in [-0.05, 0) is 31.0 Å². The lowest BCUT2D eigenvalue weighted by Crippen LogP contribution is -2.58. The number of aromatic nitrogens is 1. The van der Waals surface area contributed by atoms with E-state index < -0.39 is 48.6 Å². The monoisotopic (exact) mass is 508 g/mol. The highest BCUT2D eigenvalue weighted by atomic mass is 16.5. The molecule has 2 aromatic rings. The number of imide groups is 1. The average Bonchev–Trinajstić information content (AvgIpc) is 2.89. The minimum absolute atomic E-state index is 0.0178. The molecule has 13 heteroatoms. The third-order valence-corrected chi connectivity index (χ3v) is 6.46. The maximum absolute atomic E-state index is 13.4. The highest BCUT2D eigenvalue weighted by Crippen LogP contribution is 2.37. The van der Waals surface area contributed by atoms with Crippen molar-refractivity contribution in [1.82, 2.24) is 20.1 Å². The number of para-hydroxylation sites is 1. The van der Waals surface area contributed by atoms with E-state index in [0.29, 0.717) is 17.7 Å². The second kappa shape index (κ2) is 10.8. The van der Waals surface area contributed by atoms with Gasteiger partial charge in [0.1, 0.15) is 11.8 Å². The number of rotatable bonds is 7. The van der Waals surface area contributed by atoms with E-state index in [1.165, 1.54) is 23.4 Å². The predicted molar refractivity (Wildman–Crippen MR) is 129 cm³/mol. The van der Waals surface area contributed by atoms with Crippen molar-refractivity contribution >= 4 is 36.7 Å². The van der Waals surface area contributed by atoms with E-state index in [4.69, 9.17) is 4.65 Å². The van der Waals surface area contributed by atoms with E-state index in [-0.39, 0.29) is 37.2 Å². The summed E-state index contributed by atoms with van der Waals surface area (Å²) >= 11 is 0. The standard InChI is InChI=1S/C24H25BN4O8/c1-2-28-9-10-29(22(32)21(28)31)24(35)27-19(15-6-4-8-26-13-15)18(30)12-16-11-14-5-3-7-17(23(33)34)20(14)37-25(16)36/h3-8,13,16,19,36H,2,9-12H2,1H3,(H,27,35)(H,33,34)/t16-,19?/m1/s1. The number of carbonyl (C=O) groups is 5. The lowest BCUT2D eigenvalue weighted by atomic mass is 9.64. The summed E-state index contributed by atoms with van der Waals surface area (Å²) in [4.78, 5) is 68.7. The number of aromatic carboxylic acids is 1. The van der Waals surface area contributed by atoms with Crippen LogP contribution in [0.4, 0.5) is 4.79 Å². The molecule has 2 atom stereocenters. The minimum Gasteiger partial charge on any atom is -0.535 e. The molecule has 0 spiro atoms. The highest BCUT2D eigenvalue weighted by molar-refractivity contribution is 6.47. The molecule has 1 aromatic carbocycles. The Morgan fingerprint density at radius 1 is 1.19 bits per heavy atom. The van der Waals surface area contributed by atoms with Crippen molar-refractivity contribution in [1.29, 1.82) is 0 Å². The number of carboxylic acid groups (broad SMARTS) is 1. The number of nitrogens with zero attached hydrogens (tertiary/aromatic N) is 3. The predicted octanol–water partition coefficient (Wildman–Crippen LogP) is 0.666. The Morgan fingerprint density at radius 3 is 2.65 bits per heavy atom. The van der Waals surface area contributed by atoms with Crippen molar-refractivity contribution in [2.75, 3.05) is 19.6 Å². The van der Waals surface area contributed by atoms with Gasteiger partial charge < -0.3 is 25.0 Å². The van der Waals surface area contributed by atoms with Gasteiger partial charge in [0.25, 0.3) is 0 Å². The molecule has 37 heavy (non-hydrogen) atoms. The van der Waals surface area contributed by atoms with Crippen LogP contribution in [0.15, 0.2) is 42.7 Å². The Bertz CT molecular complexity index is 1240. The van der Waals surface area contributed by atoms with E-state index in [1.54, 1.807) is 31.2 Å². The number of amides is 4. The van der Waals surface area contributed by atoms with Crippen LogP contribution in [0.1, 0.15) is 40.9 Å². The molecule has 12 nitrogen and oxygen atoms in total. The lowest BCUT2D eigenvalue weighted by molar-refractivity contribution is -0.153. The van der Waals surface area contributed by atoms with E-state index in [1.807, 2.05) is 0 Å². The maximum atomic E-state index is 13.4. The van der Waals surface area contributed by atoms with Crippen LogP contribution in [-0.2, 0) is 20.8 Å². The van der Waals surface area contributed by atoms with Crippen LogP contribution in [0.5, 0.6) is 5.75 Å². The molecule has 0 bridgehead atoms. The number of hydrogen-bond acceptors (Lipinski definition) is 8. The van der Waals surface area contributed by atoms with E-state index >= 15 is 0 Å². The zero-order valence-electron chi connectivity index (χ0n) is 20.0. The first-order valence-corrected chi connectivity index (χ1v) is 11.7. The summed E-state index contributed by atoms with van der Waals surface area (Å²) in [6.07, 6.45) is 2.83. The molecule has 3 heterocycles. The zero-order valence-corrected chi connectivity index (χ0v) is 20.0. The van der Waals surface area contributed by atoms with Crippen molar-refractivity contribution in [3.8, 4) is 5.75 Å². The summed E-state index contributed by atoms with van der Waals surface area (Å²) in [5.41, 5.74) is 0.790. The topological polar surface area (TPSA) is 166 Å². The summed E-state index contributed by atoms with van der Waals surface area (Å²) in [6.45, 7) is 2.22. The fraction of sp³-hybridized carbons (Fsp3) is 0.333. The van der Waals surface area contributed by atoms with Gasteiger partial charge in [0.15, 0.2) is 5.78 Å². The summed E-state index contributed by atoms with van der Waals surface area (Å²) in [7, 11) is -1.46. The van der Waals surface area contributed by atoms with Gasteiger partial charge >= 0.3 is 30.9 Å². The zero-order chi connectivity index (χ0) is 26.7. The number of nitrogens with one attached hydrogen (secondary N) is 1. The number of carboxylic acids is 1. The van der Waals surface area contributed by atoms with Crippen molar-refractivity contribution in [3.63, 3.8) is 0 Å². The Balaban J connectivity index is 1.52. The molecule has 2 aliphatic heterocycles. The number of urea groups is 1. The summed E-state index contributed by atoms with van der Waals surface area (Å²) in [6, 6.07) is 5.63. The van der Waals surface area contributed by atoms with Crippen LogP contribution in [0.25, 0.3) is 0 Å². The van der Waals surface area contributed by atoms with Crippen LogP contribution in [0, 0.1) is 0 Å². The molecular formula is C24H25BN4O8. The van der Waals surface area contributed by atoms with Crippen LogP contribution in [0.3, 0.4) is 0 Å². The van der Waals surface area contributed by atoms with Crippen LogP contribution in [0.2, 0.25) is 5.82 Å². The largest absolute Gasteiger partial charge is 0.535 e. The van der Waals surface area contributed by atoms with Gasteiger partial charge in [-0.25, -0.2) is 9.59 Å². The van der Waals surface area contributed by atoms with Gasteiger partial charge in [-0.3, -0.25) is 24.3 Å². The summed E-state index contributed by atoms with van der Waals surface area (Å²) < 4.78 is 5.47. The van der Waals surface area contributed by atoms with Crippen molar-refractivity contribution in [3.05, 3.63) is 59.4 Å². The molecule has 4 rings (SSSR count). The van der Waals surface area contributed by atoms with Crippen molar-refractivity contribution < 1.29 is 38.8 Å². The second-order valence-corrected chi connectivity index (χ2v) is 8.75. The number of piperazine rings is 1. The number of likely N-dealkylation sites (N-methyl/N-ethyl adjacent to an activating group) is 1. The fourth-order valence-corrected chi connectivity index (χ4v) is 4.47. The van der Waals surface area contributed by atoms with Gasteiger partial charge in [-0.1, -0.05) is 18.2 Å². The summed E-state index contributed by atoms with van der Waals surface area (Å²) in [5.74, 6) is -4.14. The van der Waals surface area contributed by atoms with Gasteiger partial charge in [0.05, 0.1) is 5.56 Å². The number of benzene rings is 1. The third-order valence-electron chi connectivity index (χ3n) is 6.46. The molecule has 0 radical (unpaired) electrons. The number of carbonyl (C=O) groups excluding carboxylic acids is 4. The fourth-order valence-electron chi connectivity index (χ4n) is 4.47. The third kappa shape index (κ3) is 5.31. The van der Waals surface area contributed by atoms with Crippen molar-refractivity contribution in [2.24, 2.45) is 0 Å². The van der Waals surface area contributed by atoms with Crippen molar-refractivity contribution in [2.45, 2.75) is 31.6 Å². The second-order valence-electron chi connectivity index (χ2n) is 8.75. The van der Waals surface area contributed by atoms with Gasteiger partial charge in [-0.15, -0.1) is 0 Å². The molecule has 1 fully saturated rings.